The van der Waals surface area contributed by atoms with E-state index in [1.165, 1.54) is 0 Å². The van der Waals surface area contributed by atoms with Gasteiger partial charge in [0.15, 0.2) is 0 Å². The number of nitrogen functional groups attached to an aromatic ring is 2. The van der Waals surface area contributed by atoms with Gasteiger partial charge in [0.05, 0.1) is 5.69 Å². The molecule has 1 aromatic rings. The van der Waals surface area contributed by atoms with Gasteiger partial charge in [0, 0.05) is 11.4 Å². The summed E-state index contributed by atoms with van der Waals surface area (Å²) in [6, 6.07) is 5.13. The fourth-order valence-corrected chi connectivity index (χ4v) is 0.853. The molecule has 0 atom stereocenters. The first-order valence-electron chi connectivity index (χ1n) is 2.76. The van der Waals surface area contributed by atoms with E-state index in [-0.39, 0.29) is 0 Å². The van der Waals surface area contributed by atoms with E-state index in [0.29, 0.717) is 11.4 Å². The predicted molar refractivity (Wildman–Crippen MR) is 45.7 cm³/mol. The second-order valence-corrected chi connectivity index (χ2v) is 2.19. The number of rotatable bonds is 1. The van der Waals surface area contributed by atoms with Gasteiger partial charge in [-0.15, -0.1) is 0 Å². The molecule has 0 aliphatic heterocycles. The van der Waals surface area contributed by atoms with Crippen molar-refractivity contribution < 1.29 is 0 Å². The number of benzene rings is 1. The summed E-state index contributed by atoms with van der Waals surface area (Å²) < 4.78 is 3.74. The summed E-state index contributed by atoms with van der Waals surface area (Å²) in [6.45, 7) is 0. The van der Waals surface area contributed by atoms with Gasteiger partial charge in [-0.1, -0.05) is 0 Å². The molecule has 4 heteroatoms. The molecule has 0 fully saturated rings. The number of hydrogen-bond donors (Lipinski definition) is 2. The first-order chi connectivity index (χ1) is 4.72. The minimum absolute atomic E-state index is 0.622. The minimum atomic E-state index is 0.622. The summed E-state index contributed by atoms with van der Waals surface area (Å²) in [4.78, 5) is 0. The summed E-state index contributed by atoms with van der Waals surface area (Å²) in [7, 11) is 2.99. The lowest BCUT2D eigenvalue weighted by Gasteiger charge is -1.97. The molecule has 52 valence electrons. The van der Waals surface area contributed by atoms with E-state index in [4.69, 9.17) is 11.5 Å². The smallest absolute Gasteiger partial charge is 0.0713 e. The molecule has 10 heavy (non-hydrogen) atoms. The fourth-order valence-electron chi connectivity index (χ4n) is 0.724. The molecule has 4 N–H and O–H groups in total. The third kappa shape index (κ3) is 1.45. The molecule has 1 aromatic carbocycles. The Kier molecular flexibility index (Phi) is 1.88. The Morgan fingerprint density at radius 3 is 2.00 bits per heavy atom. The molecule has 3 nitrogen and oxygen atoms in total. The lowest BCUT2D eigenvalue weighted by atomic mass is 10.2. The maximum absolute atomic E-state index is 5.47. The standard InChI is InChI=1S/C6H8N3P/c7-4-1-5(8)3-6(2-4)9-10/h1-3,10H,7-8H2. The maximum atomic E-state index is 5.47. The largest absolute Gasteiger partial charge is 0.399 e. The SMILES string of the molecule is Nc1cc(N)cc(N=P)c1. The van der Waals surface area contributed by atoms with Crippen molar-refractivity contribution in [3.8, 4) is 0 Å². The van der Waals surface area contributed by atoms with Crippen LogP contribution in [0.15, 0.2) is 22.9 Å². The topological polar surface area (TPSA) is 64.4 Å². The maximum Gasteiger partial charge on any atom is 0.0713 e. The van der Waals surface area contributed by atoms with E-state index in [9.17, 15) is 0 Å². The van der Waals surface area contributed by atoms with E-state index in [2.05, 4.69) is 13.8 Å². The number of anilines is 2. The Morgan fingerprint density at radius 2 is 1.60 bits per heavy atom. The Hall–Kier alpha value is -1.08. The van der Waals surface area contributed by atoms with Gasteiger partial charge in [0.2, 0.25) is 0 Å². The van der Waals surface area contributed by atoms with Crippen molar-refractivity contribution in [3.63, 3.8) is 0 Å². The molecule has 0 aliphatic carbocycles. The molecule has 0 saturated carbocycles. The van der Waals surface area contributed by atoms with Crippen molar-refractivity contribution in [2.24, 2.45) is 4.74 Å². The van der Waals surface area contributed by atoms with Gasteiger partial charge in [-0.2, -0.15) is 0 Å². The predicted octanol–water partition coefficient (Wildman–Crippen LogP) is 1.81. The van der Waals surface area contributed by atoms with E-state index in [0.717, 1.165) is 5.69 Å². The third-order valence-electron chi connectivity index (χ3n) is 1.09. The van der Waals surface area contributed by atoms with Gasteiger partial charge in [-0.25, -0.2) is 4.74 Å². The van der Waals surface area contributed by atoms with Crippen molar-refractivity contribution in [3.05, 3.63) is 18.2 Å². The van der Waals surface area contributed by atoms with Crippen molar-refractivity contribution >= 4 is 26.1 Å². The molecule has 0 saturated heterocycles. The van der Waals surface area contributed by atoms with Gasteiger partial charge in [-0.3, -0.25) is 0 Å². The Morgan fingerprint density at radius 1 is 1.10 bits per heavy atom. The highest BCUT2D eigenvalue weighted by molar-refractivity contribution is 7.04. The molecular formula is C6H8N3P. The molecule has 0 heterocycles. The lowest BCUT2D eigenvalue weighted by Crippen LogP contribution is -1.88. The molecule has 0 amide bonds. The summed E-state index contributed by atoms with van der Waals surface area (Å²) in [5.41, 5.74) is 12.9. The van der Waals surface area contributed by atoms with E-state index in [1.54, 1.807) is 18.2 Å². The van der Waals surface area contributed by atoms with Gasteiger partial charge in [0.25, 0.3) is 0 Å². The summed E-state index contributed by atoms with van der Waals surface area (Å²) in [5, 5.41) is 0. The summed E-state index contributed by atoms with van der Waals surface area (Å²) in [6.07, 6.45) is 0. The van der Waals surface area contributed by atoms with Crippen molar-refractivity contribution in [1.29, 1.82) is 0 Å². The van der Waals surface area contributed by atoms with Crippen molar-refractivity contribution in [1.82, 2.24) is 0 Å². The van der Waals surface area contributed by atoms with Crippen LogP contribution in [0.25, 0.3) is 0 Å². The van der Waals surface area contributed by atoms with Crippen LogP contribution in [-0.2, 0) is 0 Å². The van der Waals surface area contributed by atoms with Crippen LogP contribution in [0.3, 0.4) is 0 Å². The van der Waals surface area contributed by atoms with Crippen LogP contribution < -0.4 is 11.5 Å². The van der Waals surface area contributed by atoms with Crippen molar-refractivity contribution in [2.75, 3.05) is 11.5 Å². The molecule has 0 aromatic heterocycles. The summed E-state index contributed by atoms with van der Waals surface area (Å²) in [5.74, 6) is 0. The average Bonchev–Trinajstić information content (AvgIpc) is 1.85. The zero-order valence-electron chi connectivity index (χ0n) is 5.33. The highest BCUT2D eigenvalue weighted by Gasteiger charge is 1.91. The number of nitrogens with two attached hydrogens (primary N) is 2. The highest BCUT2D eigenvalue weighted by Crippen LogP contribution is 2.21. The van der Waals surface area contributed by atoms with Crippen LogP contribution in [0, 0.1) is 0 Å². The van der Waals surface area contributed by atoms with Crippen LogP contribution >= 0.6 is 9.03 Å². The Bertz CT molecular complexity index is 239. The van der Waals surface area contributed by atoms with E-state index < -0.39 is 0 Å². The van der Waals surface area contributed by atoms with Gasteiger partial charge in [-0.05, 0) is 27.2 Å². The molecule has 0 spiro atoms. The lowest BCUT2D eigenvalue weighted by molar-refractivity contribution is 1.56. The van der Waals surface area contributed by atoms with Gasteiger partial charge < -0.3 is 11.5 Å². The Balaban J connectivity index is 3.18. The van der Waals surface area contributed by atoms with E-state index >= 15 is 0 Å². The molecular weight excluding hydrogens is 145 g/mol. The van der Waals surface area contributed by atoms with Crippen LogP contribution in [0.5, 0.6) is 0 Å². The average molecular weight is 153 g/mol. The minimum Gasteiger partial charge on any atom is -0.399 e. The van der Waals surface area contributed by atoms with Crippen LogP contribution in [0.2, 0.25) is 0 Å². The van der Waals surface area contributed by atoms with Gasteiger partial charge in [0.1, 0.15) is 0 Å². The second-order valence-electron chi connectivity index (χ2n) is 1.97. The fraction of sp³-hybridized carbons (Fsp3) is 0. The van der Waals surface area contributed by atoms with Crippen molar-refractivity contribution in [2.45, 2.75) is 0 Å². The quantitative estimate of drug-likeness (QED) is 0.477. The van der Waals surface area contributed by atoms with Crippen LogP contribution in [-0.4, -0.2) is 0 Å². The van der Waals surface area contributed by atoms with Crippen LogP contribution in [0.1, 0.15) is 0 Å². The highest BCUT2D eigenvalue weighted by atomic mass is 31.0. The molecule has 0 unspecified atom stereocenters. The summed E-state index contributed by atoms with van der Waals surface area (Å²) >= 11 is 0. The zero-order chi connectivity index (χ0) is 7.56. The monoisotopic (exact) mass is 153 g/mol. The van der Waals surface area contributed by atoms with Crippen LogP contribution in [0.4, 0.5) is 17.1 Å². The first-order valence-corrected chi connectivity index (χ1v) is 3.20. The molecule has 1 rings (SSSR count). The molecule has 0 aliphatic rings. The van der Waals surface area contributed by atoms with E-state index in [1.807, 2.05) is 0 Å². The third-order valence-corrected chi connectivity index (χ3v) is 1.35. The zero-order valence-corrected chi connectivity index (χ0v) is 6.33. The Labute approximate surface area is 61.3 Å². The van der Waals surface area contributed by atoms with Gasteiger partial charge >= 0.3 is 0 Å². The second kappa shape index (κ2) is 2.67. The number of nitrogens with zero attached hydrogens (tertiary/aromatic N) is 1. The first kappa shape index (κ1) is 7.03. The molecule has 0 radical (unpaired) electrons. The molecule has 0 bridgehead atoms. The number of hydrogen-bond acceptors (Lipinski definition) is 3. The normalized spacial score (nSPS) is 9.20.